The van der Waals surface area contributed by atoms with E-state index < -0.39 is 12.0 Å². The van der Waals surface area contributed by atoms with Crippen molar-refractivity contribution in [2.75, 3.05) is 12.1 Å². The predicted octanol–water partition coefficient (Wildman–Crippen LogP) is 1.39. The second kappa shape index (κ2) is 4.57. The minimum atomic E-state index is -1.19. The Morgan fingerprint density at radius 1 is 1.25 bits per heavy atom. The van der Waals surface area contributed by atoms with E-state index in [9.17, 15) is 9.59 Å². The number of aromatic nitrogens is 2. The SMILES string of the molecule is O=C(O)c1ccn(C(=O)Nc2ccc3c(c2)OCO3)n1. The Morgan fingerprint density at radius 2 is 2.05 bits per heavy atom. The van der Waals surface area contributed by atoms with Gasteiger partial charge in [-0.05, 0) is 18.2 Å². The molecule has 0 spiro atoms. The Balaban J connectivity index is 1.76. The molecular formula is C12H9N3O5. The highest BCUT2D eigenvalue weighted by Crippen LogP contribution is 2.34. The van der Waals surface area contributed by atoms with Crippen molar-refractivity contribution >= 4 is 17.7 Å². The van der Waals surface area contributed by atoms with Gasteiger partial charge in [0.25, 0.3) is 0 Å². The van der Waals surface area contributed by atoms with Crippen molar-refractivity contribution in [3.63, 3.8) is 0 Å². The van der Waals surface area contributed by atoms with Crippen molar-refractivity contribution in [3.8, 4) is 11.5 Å². The van der Waals surface area contributed by atoms with E-state index in [2.05, 4.69) is 10.4 Å². The summed E-state index contributed by atoms with van der Waals surface area (Å²) in [4.78, 5) is 22.6. The fraction of sp³-hybridized carbons (Fsp3) is 0.0833. The van der Waals surface area contributed by atoms with E-state index >= 15 is 0 Å². The number of nitrogens with zero attached hydrogens (tertiary/aromatic N) is 2. The van der Waals surface area contributed by atoms with Gasteiger partial charge in [0.05, 0.1) is 0 Å². The summed E-state index contributed by atoms with van der Waals surface area (Å²) in [5.74, 6) is -0.0515. The monoisotopic (exact) mass is 275 g/mol. The maximum Gasteiger partial charge on any atom is 0.356 e. The van der Waals surface area contributed by atoms with Crippen LogP contribution in [0.1, 0.15) is 10.5 Å². The van der Waals surface area contributed by atoms with Crippen molar-refractivity contribution in [1.82, 2.24) is 9.78 Å². The minimum Gasteiger partial charge on any atom is -0.476 e. The molecule has 0 saturated heterocycles. The first kappa shape index (κ1) is 12.0. The number of carbonyl (C=O) groups is 2. The first-order chi connectivity index (χ1) is 9.63. The molecule has 0 atom stereocenters. The molecular weight excluding hydrogens is 266 g/mol. The zero-order chi connectivity index (χ0) is 14.1. The first-order valence-electron chi connectivity index (χ1n) is 5.63. The van der Waals surface area contributed by atoms with Crippen LogP contribution in [0.5, 0.6) is 11.5 Å². The lowest BCUT2D eigenvalue weighted by atomic mass is 10.3. The molecule has 1 aliphatic rings. The third kappa shape index (κ3) is 2.14. The number of hydrogen-bond acceptors (Lipinski definition) is 5. The number of carboxylic acid groups (broad SMARTS) is 1. The van der Waals surface area contributed by atoms with Crippen LogP contribution in [0.3, 0.4) is 0 Å². The number of aromatic carboxylic acids is 1. The van der Waals surface area contributed by atoms with Gasteiger partial charge in [-0.3, -0.25) is 0 Å². The topological polar surface area (TPSA) is 103 Å². The zero-order valence-electron chi connectivity index (χ0n) is 10.1. The third-order valence-corrected chi connectivity index (χ3v) is 2.64. The molecule has 1 aromatic carbocycles. The van der Waals surface area contributed by atoms with Gasteiger partial charge in [-0.15, -0.1) is 0 Å². The number of amides is 1. The molecule has 20 heavy (non-hydrogen) atoms. The van der Waals surface area contributed by atoms with Crippen LogP contribution in [0.15, 0.2) is 30.5 Å². The zero-order valence-corrected chi connectivity index (χ0v) is 10.1. The maximum atomic E-state index is 11.9. The second-order valence-corrected chi connectivity index (χ2v) is 3.95. The summed E-state index contributed by atoms with van der Waals surface area (Å²) < 4.78 is 11.3. The van der Waals surface area contributed by atoms with Gasteiger partial charge in [0, 0.05) is 18.0 Å². The highest BCUT2D eigenvalue weighted by molar-refractivity contribution is 5.92. The lowest BCUT2D eigenvalue weighted by molar-refractivity contribution is 0.0690. The Labute approximate surface area is 112 Å². The molecule has 2 aromatic rings. The standard InChI is InChI=1S/C12H9N3O5/c16-11(17)8-3-4-15(14-8)12(18)13-7-1-2-9-10(5-7)20-6-19-9/h1-5H,6H2,(H,13,18)(H,16,17). The number of nitrogens with one attached hydrogen (secondary N) is 1. The quantitative estimate of drug-likeness (QED) is 0.858. The van der Waals surface area contributed by atoms with Crippen molar-refractivity contribution in [2.24, 2.45) is 0 Å². The number of rotatable bonds is 2. The Kier molecular flexibility index (Phi) is 2.75. The van der Waals surface area contributed by atoms with Gasteiger partial charge in [0.1, 0.15) is 0 Å². The van der Waals surface area contributed by atoms with Crippen LogP contribution in [-0.2, 0) is 0 Å². The van der Waals surface area contributed by atoms with Gasteiger partial charge in [-0.1, -0.05) is 0 Å². The number of fused-ring (bicyclic) bond motifs is 1. The highest BCUT2D eigenvalue weighted by Gasteiger charge is 2.15. The maximum absolute atomic E-state index is 11.9. The molecule has 0 radical (unpaired) electrons. The normalized spacial score (nSPS) is 12.2. The van der Waals surface area contributed by atoms with E-state index in [1.165, 1.54) is 12.3 Å². The molecule has 2 N–H and O–H groups in total. The van der Waals surface area contributed by atoms with Crippen LogP contribution >= 0.6 is 0 Å². The molecule has 1 amide bonds. The molecule has 1 aromatic heterocycles. The van der Waals surface area contributed by atoms with E-state index in [0.717, 1.165) is 4.68 Å². The third-order valence-electron chi connectivity index (χ3n) is 2.64. The van der Waals surface area contributed by atoms with E-state index in [1.807, 2.05) is 0 Å². The lowest BCUT2D eigenvalue weighted by Gasteiger charge is -2.05. The number of anilines is 1. The Morgan fingerprint density at radius 3 is 2.80 bits per heavy atom. The van der Waals surface area contributed by atoms with Gasteiger partial charge >= 0.3 is 12.0 Å². The molecule has 0 aliphatic carbocycles. The summed E-state index contributed by atoms with van der Waals surface area (Å²) in [6.07, 6.45) is 1.27. The van der Waals surface area contributed by atoms with Crippen LogP contribution < -0.4 is 14.8 Å². The fourth-order valence-corrected chi connectivity index (χ4v) is 1.71. The largest absolute Gasteiger partial charge is 0.476 e. The number of ether oxygens (including phenoxy) is 2. The predicted molar refractivity (Wildman–Crippen MR) is 66.2 cm³/mol. The summed E-state index contributed by atoms with van der Waals surface area (Å²) in [7, 11) is 0. The average molecular weight is 275 g/mol. The number of benzene rings is 1. The summed E-state index contributed by atoms with van der Waals surface area (Å²) in [6, 6.07) is 5.59. The van der Waals surface area contributed by atoms with Crippen LogP contribution in [0.2, 0.25) is 0 Å². The second-order valence-electron chi connectivity index (χ2n) is 3.95. The van der Waals surface area contributed by atoms with Crippen LogP contribution in [0.4, 0.5) is 10.5 Å². The number of hydrogen-bond donors (Lipinski definition) is 2. The van der Waals surface area contributed by atoms with Crippen molar-refractivity contribution < 1.29 is 24.2 Å². The van der Waals surface area contributed by atoms with E-state index in [4.69, 9.17) is 14.6 Å². The van der Waals surface area contributed by atoms with Gasteiger partial charge in [-0.2, -0.15) is 9.78 Å². The van der Waals surface area contributed by atoms with Gasteiger partial charge in [-0.25, -0.2) is 9.59 Å². The summed E-state index contributed by atoms with van der Waals surface area (Å²) in [5, 5.41) is 14.9. The van der Waals surface area contributed by atoms with Crippen molar-refractivity contribution in [3.05, 3.63) is 36.2 Å². The van der Waals surface area contributed by atoms with Crippen molar-refractivity contribution in [2.45, 2.75) is 0 Å². The summed E-state index contributed by atoms with van der Waals surface area (Å²) in [6.45, 7) is 0.147. The minimum absolute atomic E-state index is 0.147. The smallest absolute Gasteiger partial charge is 0.356 e. The van der Waals surface area contributed by atoms with E-state index in [0.29, 0.717) is 17.2 Å². The number of carboxylic acids is 1. The Bertz CT molecular complexity index is 694. The van der Waals surface area contributed by atoms with Crippen LogP contribution in [0, 0.1) is 0 Å². The first-order valence-corrected chi connectivity index (χ1v) is 5.63. The molecule has 8 heteroatoms. The average Bonchev–Trinajstić information content (AvgIpc) is 3.07. The molecule has 0 saturated carbocycles. The van der Waals surface area contributed by atoms with Crippen LogP contribution in [0.25, 0.3) is 0 Å². The highest BCUT2D eigenvalue weighted by atomic mass is 16.7. The summed E-state index contributed by atoms with van der Waals surface area (Å²) in [5.41, 5.74) is 0.289. The molecule has 102 valence electrons. The van der Waals surface area contributed by atoms with E-state index in [-0.39, 0.29) is 12.5 Å². The molecule has 0 unspecified atom stereocenters. The molecule has 8 nitrogen and oxygen atoms in total. The van der Waals surface area contributed by atoms with Crippen LogP contribution in [-0.4, -0.2) is 33.7 Å². The van der Waals surface area contributed by atoms with Gasteiger partial charge in [0.2, 0.25) is 6.79 Å². The van der Waals surface area contributed by atoms with Gasteiger partial charge in [0.15, 0.2) is 17.2 Å². The molecule has 1 aliphatic heterocycles. The number of carbonyl (C=O) groups excluding carboxylic acids is 1. The molecule has 0 fully saturated rings. The fourth-order valence-electron chi connectivity index (χ4n) is 1.71. The lowest BCUT2D eigenvalue weighted by Crippen LogP contribution is -2.20. The van der Waals surface area contributed by atoms with Crippen molar-refractivity contribution in [1.29, 1.82) is 0 Å². The Hall–Kier alpha value is -3.03. The van der Waals surface area contributed by atoms with Gasteiger partial charge < -0.3 is 19.9 Å². The van der Waals surface area contributed by atoms with E-state index in [1.54, 1.807) is 18.2 Å². The molecule has 0 bridgehead atoms. The molecule has 3 rings (SSSR count). The molecule has 2 heterocycles. The summed E-state index contributed by atoms with van der Waals surface area (Å²) >= 11 is 0.